The van der Waals surface area contributed by atoms with Crippen LogP contribution >= 0.6 is 12.6 Å². The lowest BCUT2D eigenvalue weighted by atomic mass is 9.88. The van der Waals surface area contributed by atoms with Gasteiger partial charge in [0.15, 0.2) is 0 Å². The smallest absolute Gasteiger partial charge is 0.227 e. The van der Waals surface area contributed by atoms with E-state index in [0.29, 0.717) is 6.04 Å². The van der Waals surface area contributed by atoms with E-state index in [2.05, 4.69) is 55.7 Å². The van der Waals surface area contributed by atoms with Gasteiger partial charge in [-0.1, -0.05) is 13.8 Å². The lowest BCUT2D eigenvalue weighted by molar-refractivity contribution is 0.245. The number of anilines is 2. The third kappa shape index (κ3) is 4.33. The fourth-order valence-corrected chi connectivity index (χ4v) is 3.25. The van der Waals surface area contributed by atoms with Crippen LogP contribution in [0.5, 0.6) is 0 Å². The molecule has 1 fully saturated rings. The molecule has 3 rings (SSSR count). The topological polar surface area (TPSA) is 44.3 Å². The molecule has 1 atom stereocenters. The number of hydrogen-bond donors (Lipinski definition) is 2. The number of nitrogens with zero attached hydrogens (tertiary/aromatic N) is 4. The third-order valence-electron chi connectivity index (χ3n) is 4.93. The maximum atomic E-state index is 4.90. The van der Waals surface area contributed by atoms with Gasteiger partial charge in [-0.3, -0.25) is 0 Å². The molecular weight excluding hydrogens is 318 g/mol. The molecule has 0 amide bonds. The van der Waals surface area contributed by atoms with Gasteiger partial charge in [0.1, 0.15) is 5.82 Å². The standard InChI is InChI=1S/C17H29N5.CH4S/c1-5-8-18-16-14-7-6-12(2)9-15(14)19-17(20-16)22-10-13(11-22)21(3)4;1-2/h12-13H,5-11H2,1-4H3,(H,18,19,20);2H,1H3. The van der Waals surface area contributed by atoms with Crippen molar-refractivity contribution in [2.75, 3.05) is 50.2 Å². The van der Waals surface area contributed by atoms with Gasteiger partial charge in [0.2, 0.25) is 5.95 Å². The van der Waals surface area contributed by atoms with Gasteiger partial charge < -0.3 is 15.1 Å². The minimum atomic E-state index is 0.630. The Kier molecular flexibility index (Phi) is 7.16. The van der Waals surface area contributed by atoms with Gasteiger partial charge in [0, 0.05) is 31.2 Å². The Balaban J connectivity index is 0.00000100. The molecule has 1 aliphatic heterocycles. The number of nitrogens with one attached hydrogen (secondary N) is 1. The van der Waals surface area contributed by atoms with Crippen molar-refractivity contribution in [2.45, 2.75) is 45.6 Å². The minimum absolute atomic E-state index is 0.630. The van der Waals surface area contributed by atoms with Crippen LogP contribution in [0.15, 0.2) is 0 Å². The number of thiol groups is 1. The van der Waals surface area contributed by atoms with Crippen LogP contribution in [0.3, 0.4) is 0 Å². The minimum Gasteiger partial charge on any atom is -0.370 e. The fourth-order valence-electron chi connectivity index (χ4n) is 3.25. The van der Waals surface area contributed by atoms with E-state index < -0.39 is 0 Å². The van der Waals surface area contributed by atoms with Gasteiger partial charge in [0.05, 0.1) is 5.69 Å². The molecule has 6 heteroatoms. The zero-order valence-corrected chi connectivity index (χ0v) is 16.7. The van der Waals surface area contributed by atoms with E-state index in [4.69, 9.17) is 9.97 Å². The lowest BCUT2D eigenvalue weighted by Crippen LogP contribution is -2.58. The van der Waals surface area contributed by atoms with E-state index in [0.717, 1.165) is 56.6 Å². The van der Waals surface area contributed by atoms with Crippen LogP contribution in [0.25, 0.3) is 0 Å². The summed E-state index contributed by atoms with van der Waals surface area (Å²) in [5.41, 5.74) is 2.63. The van der Waals surface area contributed by atoms with Crippen molar-refractivity contribution in [3.63, 3.8) is 0 Å². The second-order valence-corrected chi connectivity index (χ2v) is 7.09. The van der Waals surface area contributed by atoms with Crippen molar-refractivity contribution in [1.29, 1.82) is 0 Å². The van der Waals surface area contributed by atoms with Crippen LogP contribution in [0.2, 0.25) is 0 Å². The molecular formula is C18H33N5S. The van der Waals surface area contributed by atoms with Crippen molar-refractivity contribution in [3.8, 4) is 0 Å². The van der Waals surface area contributed by atoms with Crippen molar-refractivity contribution in [1.82, 2.24) is 14.9 Å². The highest BCUT2D eigenvalue weighted by Crippen LogP contribution is 2.31. The van der Waals surface area contributed by atoms with Crippen LogP contribution in [-0.2, 0) is 12.8 Å². The summed E-state index contributed by atoms with van der Waals surface area (Å²) in [6, 6.07) is 0.630. The number of hydrogen-bond acceptors (Lipinski definition) is 6. The molecule has 1 N–H and O–H groups in total. The maximum absolute atomic E-state index is 4.90. The molecule has 1 unspecified atom stereocenters. The van der Waals surface area contributed by atoms with Crippen LogP contribution in [0.1, 0.15) is 37.9 Å². The average molecular weight is 352 g/mol. The molecule has 24 heavy (non-hydrogen) atoms. The first-order valence-corrected chi connectivity index (χ1v) is 9.97. The van der Waals surface area contributed by atoms with Gasteiger partial charge in [-0.15, -0.1) is 0 Å². The molecule has 1 aliphatic carbocycles. The van der Waals surface area contributed by atoms with Crippen LogP contribution in [-0.4, -0.2) is 60.9 Å². The van der Waals surface area contributed by atoms with E-state index in [1.807, 2.05) is 0 Å². The van der Waals surface area contributed by atoms with Gasteiger partial charge in [-0.2, -0.15) is 17.6 Å². The number of fused-ring (bicyclic) bond motifs is 1. The normalized spacial score (nSPS) is 20.1. The molecule has 0 radical (unpaired) electrons. The monoisotopic (exact) mass is 351 g/mol. The predicted molar refractivity (Wildman–Crippen MR) is 107 cm³/mol. The van der Waals surface area contributed by atoms with Crippen molar-refractivity contribution in [3.05, 3.63) is 11.3 Å². The summed E-state index contributed by atoms with van der Waals surface area (Å²) in [5.74, 6) is 2.74. The van der Waals surface area contributed by atoms with E-state index in [9.17, 15) is 0 Å². The Hall–Kier alpha value is -1.01. The molecule has 136 valence electrons. The Morgan fingerprint density at radius 3 is 2.58 bits per heavy atom. The Labute approximate surface area is 152 Å². The summed E-state index contributed by atoms with van der Waals surface area (Å²) in [6.45, 7) is 7.58. The van der Waals surface area contributed by atoms with Crippen LogP contribution in [0.4, 0.5) is 11.8 Å². The van der Waals surface area contributed by atoms with Crippen LogP contribution < -0.4 is 10.2 Å². The maximum Gasteiger partial charge on any atom is 0.227 e. The van der Waals surface area contributed by atoms with Crippen LogP contribution in [0, 0.1) is 5.92 Å². The Bertz CT molecular complexity index is 528. The summed E-state index contributed by atoms with van der Waals surface area (Å²) in [7, 11) is 4.29. The molecule has 5 nitrogen and oxygen atoms in total. The average Bonchev–Trinajstić information content (AvgIpc) is 2.52. The molecule has 2 heterocycles. The Morgan fingerprint density at radius 2 is 1.96 bits per heavy atom. The van der Waals surface area contributed by atoms with Crippen molar-refractivity contribution >= 4 is 24.4 Å². The highest BCUT2D eigenvalue weighted by Gasteiger charge is 2.32. The molecule has 0 spiro atoms. The highest BCUT2D eigenvalue weighted by atomic mass is 32.1. The first kappa shape index (κ1) is 19.3. The van der Waals surface area contributed by atoms with Gasteiger partial charge in [-0.05, 0) is 52.0 Å². The number of likely N-dealkylation sites (N-methyl/N-ethyl adjacent to an activating group) is 1. The summed E-state index contributed by atoms with van der Waals surface area (Å²) < 4.78 is 0. The molecule has 0 bridgehead atoms. The first-order chi connectivity index (χ1) is 11.6. The second kappa shape index (κ2) is 8.90. The van der Waals surface area contributed by atoms with E-state index in [1.165, 1.54) is 17.7 Å². The van der Waals surface area contributed by atoms with Crippen molar-refractivity contribution < 1.29 is 0 Å². The SMILES string of the molecule is CCCNc1nc(N2CC(N(C)C)C2)nc2c1CCC(C)C2.CS. The number of aromatic nitrogens is 2. The van der Waals surface area contributed by atoms with Crippen molar-refractivity contribution in [2.24, 2.45) is 5.92 Å². The summed E-state index contributed by atoms with van der Waals surface area (Å²) >= 11 is 3.53. The summed E-state index contributed by atoms with van der Waals surface area (Å²) in [4.78, 5) is 14.3. The zero-order valence-electron chi connectivity index (χ0n) is 15.8. The summed E-state index contributed by atoms with van der Waals surface area (Å²) in [5, 5.41) is 3.53. The molecule has 0 saturated carbocycles. The molecule has 1 saturated heterocycles. The van der Waals surface area contributed by atoms with Gasteiger partial charge in [-0.25, -0.2) is 4.98 Å². The second-order valence-electron chi connectivity index (χ2n) is 7.09. The van der Waals surface area contributed by atoms with Gasteiger partial charge >= 0.3 is 0 Å². The molecule has 1 aromatic rings. The van der Waals surface area contributed by atoms with E-state index >= 15 is 0 Å². The highest BCUT2D eigenvalue weighted by molar-refractivity contribution is 7.79. The first-order valence-electron chi connectivity index (χ1n) is 9.08. The molecule has 1 aromatic heterocycles. The van der Waals surface area contributed by atoms with E-state index in [-0.39, 0.29) is 0 Å². The number of rotatable bonds is 5. The molecule has 0 aromatic carbocycles. The largest absolute Gasteiger partial charge is 0.370 e. The van der Waals surface area contributed by atoms with Gasteiger partial charge in [0.25, 0.3) is 0 Å². The lowest BCUT2D eigenvalue weighted by Gasteiger charge is -2.43. The summed E-state index contributed by atoms with van der Waals surface area (Å²) in [6.07, 6.45) is 6.28. The Morgan fingerprint density at radius 1 is 1.25 bits per heavy atom. The quantitative estimate of drug-likeness (QED) is 0.799. The van der Waals surface area contributed by atoms with E-state index in [1.54, 1.807) is 6.26 Å². The zero-order chi connectivity index (χ0) is 17.7. The fraction of sp³-hybridized carbons (Fsp3) is 0.778. The molecule has 2 aliphatic rings. The predicted octanol–water partition coefficient (Wildman–Crippen LogP) is 2.72. The third-order valence-corrected chi connectivity index (χ3v) is 4.93.